The molecule has 0 bridgehead atoms. The van der Waals surface area contributed by atoms with Gasteiger partial charge < -0.3 is 15.4 Å². The molecule has 0 aromatic carbocycles. The van der Waals surface area contributed by atoms with Gasteiger partial charge in [0.2, 0.25) is 10.0 Å². The number of nitrogens with one attached hydrogen (secondary N) is 2. The number of piperidine rings is 1. The summed E-state index contributed by atoms with van der Waals surface area (Å²) in [5.74, 6) is 1.43. The minimum Gasteiger partial charge on any atom is -0.378 e. The van der Waals surface area contributed by atoms with Crippen LogP contribution < -0.4 is 10.6 Å². The van der Waals surface area contributed by atoms with Crippen LogP contribution in [0.4, 0.5) is 0 Å². The smallest absolute Gasteiger partial charge is 0.213 e. The Morgan fingerprint density at radius 2 is 1.88 bits per heavy atom. The number of aliphatic imine (C=N–C) groups is 1. The van der Waals surface area contributed by atoms with E-state index in [1.165, 1.54) is 0 Å². The van der Waals surface area contributed by atoms with Crippen LogP contribution in [-0.2, 0) is 14.8 Å². The first-order valence-corrected chi connectivity index (χ1v) is 11.0. The second-order valence-corrected chi connectivity index (χ2v) is 9.00. The number of guanidine groups is 1. The quantitative estimate of drug-likeness (QED) is 0.285. The molecule has 1 unspecified atom stereocenters. The van der Waals surface area contributed by atoms with Crippen molar-refractivity contribution >= 4 is 40.0 Å². The van der Waals surface area contributed by atoms with Gasteiger partial charge in [0.1, 0.15) is 0 Å². The van der Waals surface area contributed by atoms with Gasteiger partial charge >= 0.3 is 0 Å². The largest absolute Gasteiger partial charge is 0.378 e. The first kappa shape index (κ1) is 25.9. The molecule has 9 heteroatoms. The normalized spacial score (nSPS) is 18.5. The van der Waals surface area contributed by atoms with Gasteiger partial charge in [-0.3, -0.25) is 4.99 Å². The van der Waals surface area contributed by atoms with Crippen LogP contribution in [-0.4, -0.2) is 69.9 Å². The number of sulfonamides is 1. The molecule has 1 heterocycles. The Hall–Kier alpha value is -0.130. The molecule has 0 radical (unpaired) electrons. The van der Waals surface area contributed by atoms with E-state index in [0.29, 0.717) is 19.0 Å². The fourth-order valence-corrected chi connectivity index (χ4v) is 4.14. The van der Waals surface area contributed by atoms with Crippen molar-refractivity contribution in [3.8, 4) is 0 Å². The molecule has 1 aliphatic heterocycles. The zero-order valence-corrected chi connectivity index (χ0v) is 20.0. The van der Waals surface area contributed by atoms with Crippen LogP contribution >= 0.6 is 24.0 Å². The highest BCUT2D eigenvalue weighted by atomic mass is 127. The van der Waals surface area contributed by atoms with Gasteiger partial charge in [-0.05, 0) is 39.0 Å². The molecule has 2 N–H and O–H groups in total. The Bertz CT molecular complexity index is 506. The molecule has 0 aromatic rings. The average molecular weight is 504 g/mol. The van der Waals surface area contributed by atoms with Gasteiger partial charge in [0.05, 0.1) is 11.9 Å². The standard InChI is InChI=1S/C17H36N4O3S.HI/c1-6-24-16(14(3)4)8-11-19-17(18-5)20-15-9-12-21(13-10-15)25(22,23)7-2;/h14-16H,6-13H2,1-5H3,(H2,18,19,20);1H. The maximum Gasteiger partial charge on any atom is 0.213 e. The summed E-state index contributed by atoms with van der Waals surface area (Å²) in [7, 11) is -1.31. The van der Waals surface area contributed by atoms with Crippen LogP contribution in [0.5, 0.6) is 0 Å². The Kier molecular flexibility index (Phi) is 13.0. The van der Waals surface area contributed by atoms with Crippen molar-refractivity contribution in [1.29, 1.82) is 0 Å². The zero-order valence-electron chi connectivity index (χ0n) is 16.8. The van der Waals surface area contributed by atoms with Crippen LogP contribution in [0.2, 0.25) is 0 Å². The predicted molar refractivity (Wildman–Crippen MR) is 119 cm³/mol. The number of nitrogens with zero attached hydrogens (tertiary/aromatic N) is 2. The van der Waals surface area contributed by atoms with Gasteiger partial charge in [0.25, 0.3) is 0 Å². The monoisotopic (exact) mass is 504 g/mol. The van der Waals surface area contributed by atoms with E-state index in [1.807, 2.05) is 6.92 Å². The Labute approximate surface area is 176 Å². The van der Waals surface area contributed by atoms with E-state index in [1.54, 1.807) is 18.3 Å². The second kappa shape index (κ2) is 13.1. The molecule has 1 aliphatic rings. The lowest BCUT2D eigenvalue weighted by molar-refractivity contribution is 0.0258. The Balaban J connectivity index is 0.00000625. The van der Waals surface area contributed by atoms with Gasteiger partial charge in [-0.1, -0.05) is 13.8 Å². The lowest BCUT2D eigenvalue weighted by Crippen LogP contribution is -2.50. The van der Waals surface area contributed by atoms with E-state index in [0.717, 1.165) is 38.4 Å². The molecule has 0 spiro atoms. The molecule has 1 saturated heterocycles. The first-order valence-electron chi connectivity index (χ1n) is 9.40. The third kappa shape index (κ3) is 8.71. The Morgan fingerprint density at radius 1 is 1.27 bits per heavy atom. The summed E-state index contributed by atoms with van der Waals surface area (Å²) in [6, 6.07) is 0.252. The van der Waals surface area contributed by atoms with E-state index < -0.39 is 10.0 Å². The summed E-state index contributed by atoms with van der Waals surface area (Å²) in [4.78, 5) is 4.28. The van der Waals surface area contributed by atoms with Crippen molar-refractivity contribution in [2.75, 3.05) is 39.0 Å². The number of rotatable bonds is 9. The minimum atomic E-state index is -3.07. The molecule has 26 heavy (non-hydrogen) atoms. The van der Waals surface area contributed by atoms with Crippen LogP contribution in [0.15, 0.2) is 4.99 Å². The lowest BCUT2D eigenvalue weighted by Gasteiger charge is -2.32. The van der Waals surface area contributed by atoms with Crippen molar-refractivity contribution in [3.05, 3.63) is 0 Å². The van der Waals surface area contributed by atoms with Crippen molar-refractivity contribution in [2.24, 2.45) is 10.9 Å². The first-order chi connectivity index (χ1) is 11.8. The number of ether oxygens (including phenoxy) is 1. The number of hydrogen-bond donors (Lipinski definition) is 2. The maximum atomic E-state index is 11.9. The van der Waals surface area contributed by atoms with Crippen molar-refractivity contribution in [3.63, 3.8) is 0 Å². The molecular weight excluding hydrogens is 467 g/mol. The highest BCUT2D eigenvalue weighted by Gasteiger charge is 2.27. The molecule has 156 valence electrons. The van der Waals surface area contributed by atoms with Crippen LogP contribution in [0, 0.1) is 5.92 Å². The molecule has 0 aromatic heterocycles. The highest BCUT2D eigenvalue weighted by Crippen LogP contribution is 2.14. The van der Waals surface area contributed by atoms with E-state index >= 15 is 0 Å². The third-order valence-electron chi connectivity index (χ3n) is 4.62. The molecular formula is C17H37IN4O3S. The van der Waals surface area contributed by atoms with Gasteiger partial charge in [0.15, 0.2) is 5.96 Å². The third-order valence-corrected chi connectivity index (χ3v) is 6.50. The topological polar surface area (TPSA) is 83.0 Å². The van der Waals surface area contributed by atoms with E-state index in [-0.39, 0.29) is 41.9 Å². The molecule has 7 nitrogen and oxygen atoms in total. The van der Waals surface area contributed by atoms with Crippen molar-refractivity contribution in [1.82, 2.24) is 14.9 Å². The van der Waals surface area contributed by atoms with Gasteiger partial charge in [-0.2, -0.15) is 0 Å². The van der Waals surface area contributed by atoms with Crippen molar-refractivity contribution < 1.29 is 13.2 Å². The van der Waals surface area contributed by atoms with Crippen LogP contribution in [0.25, 0.3) is 0 Å². The molecule has 0 saturated carbocycles. The fourth-order valence-electron chi connectivity index (χ4n) is 3.00. The molecule has 1 atom stereocenters. The van der Waals surface area contributed by atoms with Crippen molar-refractivity contribution in [2.45, 2.75) is 59.1 Å². The minimum absolute atomic E-state index is 0. The van der Waals surface area contributed by atoms with E-state index in [9.17, 15) is 8.42 Å². The molecule has 1 fully saturated rings. The molecule has 0 aliphatic carbocycles. The second-order valence-electron chi connectivity index (χ2n) is 6.74. The summed E-state index contributed by atoms with van der Waals surface area (Å²) in [6.45, 7) is 10.7. The SMILES string of the molecule is CCOC(CCNC(=NC)NC1CCN(S(=O)(=O)CC)CC1)C(C)C.I. The summed E-state index contributed by atoms with van der Waals surface area (Å²) in [6.07, 6.45) is 2.78. The summed E-state index contributed by atoms with van der Waals surface area (Å²) in [5.41, 5.74) is 0. The average Bonchev–Trinajstić information content (AvgIpc) is 2.60. The summed E-state index contributed by atoms with van der Waals surface area (Å²) in [5, 5.41) is 6.75. The zero-order chi connectivity index (χ0) is 18.9. The fraction of sp³-hybridized carbons (Fsp3) is 0.941. The van der Waals surface area contributed by atoms with Crippen LogP contribution in [0.1, 0.15) is 47.0 Å². The highest BCUT2D eigenvalue weighted by molar-refractivity contribution is 14.0. The lowest BCUT2D eigenvalue weighted by atomic mass is 10.0. The maximum absolute atomic E-state index is 11.9. The van der Waals surface area contributed by atoms with Gasteiger partial charge in [0, 0.05) is 39.3 Å². The molecule has 1 rings (SSSR count). The van der Waals surface area contributed by atoms with Crippen LogP contribution in [0.3, 0.4) is 0 Å². The summed E-state index contributed by atoms with van der Waals surface area (Å²) < 4.78 is 31.2. The van der Waals surface area contributed by atoms with Gasteiger partial charge in [-0.25, -0.2) is 12.7 Å². The summed E-state index contributed by atoms with van der Waals surface area (Å²) >= 11 is 0. The van der Waals surface area contributed by atoms with E-state index in [2.05, 4.69) is 29.5 Å². The number of halogens is 1. The van der Waals surface area contributed by atoms with Gasteiger partial charge in [-0.15, -0.1) is 24.0 Å². The Morgan fingerprint density at radius 3 is 2.35 bits per heavy atom. The predicted octanol–water partition coefficient (Wildman–Crippen LogP) is 2.03. The molecule has 0 amide bonds. The number of hydrogen-bond acceptors (Lipinski definition) is 4. The van der Waals surface area contributed by atoms with E-state index in [4.69, 9.17) is 4.74 Å².